The highest BCUT2D eigenvalue weighted by Gasteiger charge is 2.51. The molecule has 302 valence electrons. The number of amides is 4. The Bertz CT molecular complexity index is 1470. The zero-order valence-electron chi connectivity index (χ0n) is 34.8. The summed E-state index contributed by atoms with van der Waals surface area (Å²) in [6, 6.07) is 8.54. The Kier molecular flexibility index (Phi) is 17.3. The number of carbonyl (C=O) groups excluding carboxylic acids is 4. The van der Waals surface area contributed by atoms with Gasteiger partial charge in [0.15, 0.2) is 5.66 Å². The molecule has 0 aromatic heterocycles. The fourth-order valence-corrected chi connectivity index (χ4v) is 8.27. The molecule has 3 rings (SSSR count). The largest absolute Gasteiger partial charge is 0.379 e. The van der Waals surface area contributed by atoms with E-state index in [1.807, 2.05) is 95.2 Å². The lowest BCUT2D eigenvalue weighted by Gasteiger charge is -2.41. The minimum atomic E-state index is -0.801. The van der Waals surface area contributed by atoms with Crippen LogP contribution in [0, 0.1) is 29.6 Å². The van der Waals surface area contributed by atoms with Gasteiger partial charge in [0, 0.05) is 40.2 Å². The summed E-state index contributed by atoms with van der Waals surface area (Å²) in [7, 11) is 4.93. The fourth-order valence-electron chi connectivity index (χ4n) is 7.48. The second-order valence-electron chi connectivity index (χ2n) is 15.9. The number of hydrogen-bond donors (Lipinski definition) is 2. The first kappa shape index (κ1) is 45.2. The first-order valence-electron chi connectivity index (χ1n) is 19.7. The van der Waals surface area contributed by atoms with Crippen LogP contribution in [0.1, 0.15) is 93.6 Å². The van der Waals surface area contributed by atoms with Crippen LogP contribution in [-0.4, -0.2) is 102 Å². The molecule has 4 amide bonds. The number of aliphatic imine (C=N–C) groups is 1. The Hall–Kier alpha value is -3.22. The molecule has 1 saturated heterocycles. The van der Waals surface area contributed by atoms with Crippen LogP contribution >= 0.6 is 11.8 Å². The number of methoxy groups -OCH3 is 2. The molecule has 54 heavy (non-hydrogen) atoms. The molecular weight excluding hydrogens is 703 g/mol. The van der Waals surface area contributed by atoms with Gasteiger partial charge < -0.3 is 29.9 Å². The first-order chi connectivity index (χ1) is 25.6. The van der Waals surface area contributed by atoms with Gasteiger partial charge in [-0.3, -0.25) is 19.2 Å². The summed E-state index contributed by atoms with van der Waals surface area (Å²) < 4.78 is 12.1. The summed E-state index contributed by atoms with van der Waals surface area (Å²) in [6.07, 6.45) is 3.65. The summed E-state index contributed by atoms with van der Waals surface area (Å²) >= 11 is 1.51. The van der Waals surface area contributed by atoms with E-state index in [1.54, 1.807) is 26.2 Å². The third kappa shape index (κ3) is 11.2. The third-order valence-electron chi connectivity index (χ3n) is 11.4. The van der Waals surface area contributed by atoms with Crippen LogP contribution in [0.15, 0.2) is 46.8 Å². The van der Waals surface area contributed by atoms with Gasteiger partial charge in [-0.05, 0) is 48.5 Å². The van der Waals surface area contributed by atoms with Gasteiger partial charge in [0.2, 0.25) is 23.6 Å². The van der Waals surface area contributed by atoms with Crippen LogP contribution in [0.2, 0.25) is 0 Å². The van der Waals surface area contributed by atoms with Crippen LogP contribution < -0.4 is 10.6 Å². The van der Waals surface area contributed by atoms with Crippen molar-refractivity contribution in [2.24, 2.45) is 34.6 Å². The van der Waals surface area contributed by atoms with Crippen LogP contribution in [0.25, 0.3) is 0 Å². The van der Waals surface area contributed by atoms with Crippen molar-refractivity contribution in [1.29, 1.82) is 0 Å². The molecule has 12 heteroatoms. The maximum absolute atomic E-state index is 14.3. The minimum Gasteiger partial charge on any atom is -0.379 e. The van der Waals surface area contributed by atoms with E-state index in [9.17, 15) is 19.2 Å². The van der Waals surface area contributed by atoms with Crippen LogP contribution in [0.4, 0.5) is 0 Å². The molecule has 1 aromatic rings. The number of hydrogen-bond acceptors (Lipinski definition) is 8. The second-order valence-corrected chi connectivity index (χ2v) is 16.8. The molecule has 2 N–H and O–H groups in total. The summed E-state index contributed by atoms with van der Waals surface area (Å²) in [6.45, 7) is 18.2. The monoisotopic (exact) mass is 769 g/mol. The van der Waals surface area contributed by atoms with E-state index in [4.69, 9.17) is 14.5 Å². The number of carbonyl (C=O) groups is 4. The summed E-state index contributed by atoms with van der Waals surface area (Å²) in [4.78, 5) is 63.7. The summed E-state index contributed by atoms with van der Waals surface area (Å²) in [5.41, 5.74) is 0.270. The average Bonchev–Trinajstić information content (AvgIpc) is 3.57. The quantitative estimate of drug-likeness (QED) is 0.165. The van der Waals surface area contributed by atoms with Crippen molar-refractivity contribution in [3.8, 4) is 0 Å². The Morgan fingerprint density at radius 3 is 2.22 bits per heavy atom. The highest BCUT2D eigenvalue weighted by atomic mass is 32.2. The lowest BCUT2D eigenvalue weighted by molar-refractivity contribution is -0.148. The van der Waals surface area contributed by atoms with Gasteiger partial charge in [0.05, 0.1) is 36.6 Å². The molecule has 0 aliphatic carbocycles. The number of rotatable bonds is 20. The topological polar surface area (TPSA) is 130 Å². The number of nitrogens with zero attached hydrogens (tertiary/aromatic N) is 3. The molecule has 2 aliphatic rings. The van der Waals surface area contributed by atoms with Crippen molar-refractivity contribution in [3.05, 3.63) is 47.4 Å². The molecule has 2 aliphatic heterocycles. The van der Waals surface area contributed by atoms with E-state index in [1.165, 1.54) is 11.8 Å². The van der Waals surface area contributed by atoms with Gasteiger partial charge in [0.25, 0.3) is 0 Å². The van der Waals surface area contributed by atoms with E-state index in [0.29, 0.717) is 19.4 Å². The van der Waals surface area contributed by atoms with E-state index in [-0.39, 0.29) is 59.8 Å². The minimum absolute atomic E-state index is 0.00309. The number of thioether (sulfide) groups is 1. The lowest BCUT2D eigenvalue weighted by atomic mass is 9.89. The molecule has 1 aromatic carbocycles. The highest BCUT2D eigenvalue weighted by molar-refractivity contribution is 8.17. The van der Waals surface area contributed by atoms with Gasteiger partial charge in [-0.2, -0.15) is 0 Å². The first-order valence-corrected chi connectivity index (χ1v) is 20.6. The molecule has 9 atom stereocenters. The number of nitrogens with one attached hydrogen (secondary N) is 2. The molecule has 11 nitrogen and oxygen atoms in total. The molecule has 2 heterocycles. The summed E-state index contributed by atoms with van der Waals surface area (Å²) in [5.74, 6) is -1.46. The second kappa shape index (κ2) is 20.6. The van der Waals surface area contributed by atoms with E-state index < -0.39 is 35.9 Å². The molecular formula is C42H67N5O6S. The molecule has 1 fully saturated rings. The number of likely N-dealkylation sites (N-methyl/N-ethyl adjacent to an activating group) is 1. The number of allylic oxidation sites excluding steroid dienone is 1. The third-order valence-corrected chi connectivity index (χ3v) is 12.5. The van der Waals surface area contributed by atoms with Crippen LogP contribution in [0.5, 0.6) is 0 Å². The van der Waals surface area contributed by atoms with E-state index >= 15 is 0 Å². The maximum atomic E-state index is 14.3. The van der Waals surface area contributed by atoms with Crippen molar-refractivity contribution in [2.45, 2.75) is 130 Å². The van der Waals surface area contributed by atoms with Crippen molar-refractivity contribution in [2.75, 3.05) is 27.8 Å². The van der Waals surface area contributed by atoms with Crippen LogP contribution in [-0.2, 0) is 35.1 Å². The zero-order valence-corrected chi connectivity index (χ0v) is 35.6. The van der Waals surface area contributed by atoms with E-state index in [0.717, 1.165) is 23.4 Å². The van der Waals surface area contributed by atoms with Gasteiger partial charge in [-0.25, -0.2) is 4.99 Å². The Morgan fingerprint density at radius 1 is 1.00 bits per heavy atom. The average molecular weight is 770 g/mol. The SMILES string of the molecule is C/C=C\SC1=N[C@]1(Cc1ccccc1)NC(=O)[C@H](C)[C@@H](OC)[C@@H]1CCCN1C(=O)C[C@@H](OC)[C@H]([C@@H](C)CC)N(C)C(=O)[C@@H](NC(=O)[C@@H](C)C(C)C)C(C)C. The lowest BCUT2D eigenvalue weighted by Crippen LogP contribution is -2.58. The fraction of sp³-hybridized carbons (Fsp3) is 0.690. The summed E-state index contributed by atoms with van der Waals surface area (Å²) in [5, 5.41) is 9.06. The number of benzene rings is 1. The predicted octanol–water partition coefficient (Wildman–Crippen LogP) is 6.07. The van der Waals surface area contributed by atoms with Crippen LogP contribution in [0.3, 0.4) is 0 Å². The predicted molar refractivity (Wildman–Crippen MR) is 218 cm³/mol. The molecule has 0 bridgehead atoms. The van der Waals surface area contributed by atoms with Crippen molar-refractivity contribution < 1.29 is 28.7 Å². The number of likely N-dealkylation sites (tertiary alicyclic amines) is 1. The number of ether oxygens (including phenoxy) is 2. The van der Waals surface area contributed by atoms with Gasteiger partial charge in [-0.1, -0.05) is 110 Å². The molecule has 0 unspecified atom stereocenters. The van der Waals surface area contributed by atoms with Gasteiger partial charge in [-0.15, -0.1) is 0 Å². The normalized spacial score (nSPS) is 22.3. The maximum Gasteiger partial charge on any atom is 0.245 e. The van der Waals surface area contributed by atoms with Gasteiger partial charge in [0.1, 0.15) is 11.1 Å². The standard InChI is InChI=1S/C42H67N5O6S/c1-13-23-54-41-42(45-41,25-31-19-16-15-17-20-31)44-39(50)30(9)37(53-12)32-21-18-22-47(32)34(48)24-33(52-11)36(28(7)14-2)46(10)40(51)35(27(5)6)43-38(49)29(8)26(3)4/h13,15-17,19-20,23,26-30,32-33,35-37H,14,18,21-22,24-25H2,1-12H3,(H,43,49)(H,44,50)/b23-13-/t28-,29-,30+,32-,33+,35-,36-,37+,42-/m0/s1. The van der Waals surface area contributed by atoms with Crippen molar-refractivity contribution in [3.63, 3.8) is 0 Å². The van der Waals surface area contributed by atoms with Crippen molar-refractivity contribution >= 4 is 40.4 Å². The smallest absolute Gasteiger partial charge is 0.245 e. The Balaban J connectivity index is 1.78. The Labute approximate surface area is 328 Å². The Morgan fingerprint density at radius 2 is 1.67 bits per heavy atom. The van der Waals surface area contributed by atoms with Gasteiger partial charge >= 0.3 is 0 Å². The molecule has 0 spiro atoms. The highest BCUT2D eigenvalue weighted by Crippen LogP contribution is 2.38. The molecule has 0 saturated carbocycles. The molecule has 0 radical (unpaired) electrons. The van der Waals surface area contributed by atoms with E-state index in [2.05, 4.69) is 24.5 Å². The zero-order chi connectivity index (χ0) is 40.3. The van der Waals surface area contributed by atoms with Crippen molar-refractivity contribution in [1.82, 2.24) is 20.4 Å².